The third-order valence-corrected chi connectivity index (χ3v) is 7.46. The van der Waals surface area contributed by atoms with E-state index < -0.39 is 6.04 Å². The van der Waals surface area contributed by atoms with Crippen LogP contribution in [0.3, 0.4) is 0 Å². The zero-order valence-electron chi connectivity index (χ0n) is 20.9. The molecule has 190 valence electrons. The van der Waals surface area contributed by atoms with E-state index in [-0.39, 0.29) is 24.1 Å². The standard InChI is InChI=1S/C29H32Cl2N2O2S/c1-4-32-29(35)27(16-22-8-6-5-7-9-22)33(17-23-10-11-25(30)26(31)15-23)28(34)19-36-18-24-13-20(2)12-21(3)14-24/h5-15,27H,4,16-19H2,1-3H3,(H,32,35). The van der Waals surface area contributed by atoms with Gasteiger partial charge in [-0.15, -0.1) is 11.8 Å². The molecular weight excluding hydrogens is 511 g/mol. The van der Waals surface area contributed by atoms with Gasteiger partial charge >= 0.3 is 0 Å². The van der Waals surface area contributed by atoms with Gasteiger partial charge in [-0.05, 0) is 49.6 Å². The van der Waals surface area contributed by atoms with Gasteiger partial charge in [0.15, 0.2) is 0 Å². The minimum atomic E-state index is -0.656. The Labute approximate surface area is 228 Å². The molecule has 0 bridgehead atoms. The number of rotatable bonds is 11. The van der Waals surface area contributed by atoms with Crippen LogP contribution in [0.2, 0.25) is 10.0 Å². The second-order valence-corrected chi connectivity index (χ2v) is 10.7. The third kappa shape index (κ3) is 8.29. The lowest BCUT2D eigenvalue weighted by molar-refractivity contribution is -0.139. The van der Waals surface area contributed by atoms with Crippen molar-refractivity contribution in [3.05, 3.63) is 105 Å². The molecule has 2 amide bonds. The molecule has 0 heterocycles. The van der Waals surface area contributed by atoms with Crippen molar-refractivity contribution in [2.24, 2.45) is 0 Å². The number of nitrogens with zero attached hydrogens (tertiary/aromatic N) is 1. The highest BCUT2D eigenvalue weighted by Gasteiger charge is 2.30. The van der Waals surface area contributed by atoms with E-state index in [9.17, 15) is 9.59 Å². The minimum absolute atomic E-state index is 0.0948. The van der Waals surface area contributed by atoms with Crippen LogP contribution in [-0.4, -0.2) is 35.1 Å². The highest BCUT2D eigenvalue weighted by molar-refractivity contribution is 7.99. The molecule has 0 saturated heterocycles. The third-order valence-electron chi connectivity index (χ3n) is 5.73. The summed E-state index contributed by atoms with van der Waals surface area (Å²) >= 11 is 13.9. The lowest BCUT2D eigenvalue weighted by Crippen LogP contribution is -2.51. The summed E-state index contributed by atoms with van der Waals surface area (Å²) in [6, 6.07) is 20.8. The van der Waals surface area contributed by atoms with Crippen LogP contribution in [0.1, 0.15) is 34.7 Å². The van der Waals surface area contributed by atoms with Crippen LogP contribution in [0.25, 0.3) is 0 Å². The second-order valence-electron chi connectivity index (χ2n) is 8.86. The maximum atomic E-state index is 13.6. The van der Waals surface area contributed by atoms with Crippen molar-refractivity contribution in [2.45, 2.75) is 45.5 Å². The van der Waals surface area contributed by atoms with E-state index in [1.807, 2.05) is 43.3 Å². The Balaban J connectivity index is 1.85. The van der Waals surface area contributed by atoms with Crippen LogP contribution in [0.4, 0.5) is 0 Å². The fourth-order valence-electron chi connectivity index (χ4n) is 4.17. The van der Waals surface area contributed by atoms with Crippen LogP contribution < -0.4 is 5.32 Å². The number of carbonyl (C=O) groups is 2. The Kier molecular flexibility index (Phi) is 10.7. The predicted molar refractivity (Wildman–Crippen MR) is 152 cm³/mol. The average molecular weight is 544 g/mol. The largest absolute Gasteiger partial charge is 0.355 e. The highest BCUT2D eigenvalue weighted by Crippen LogP contribution is 2.25. The molecule has 1 atom stereocenters. The number of aryl methyl sites for hydroxylation is 2. The molecule has 0 aliphatic rings. The molecule has 0 radical (unpaired) electrons. The lowest BCUT2D eigenvalue weighted by atomic mass is 10.0. The molecule has 1 unspecified atom stereocenters. The Bertz CT molecular complexity index is 1170. The molecule has 4 nitrogen and oxygen atoms in total. The Hall–Kier alpha value is -2.47. The zero-order chi connectivity index (χ0) is 26.1. The van der Waals surface area contributed by atoms with Crippen molar-refractivity contribution in [3.8, 4) is 0 Å². The summed E-state index contributed by atoms with van der Waals surface area (Å²) in [6.45, 7) is 6.77. The number of carbonyl (C=O) groups excluding carboxylic acids is 2. The maximum Gasteiger partial charge on any atom is 0.243 e. The van der Waals surface area contributed by atoms with Gasteiger partial charge in [-0.25, -0.2) is 0 Å². The van der Waals surface area contributed by atoms with Crippen LogP contribution in [-0.2, 0) is 28.3 Å². The minimum Gasteiger partial charge on any atom is -0.355 e. The Morgan fingerprint density at radius 3 is 2.22 bits per heavy atom. The molecule has 3 aromatic carbocycles. The summed E-state index contributed by atoms with van der Waals surface area (Å²) in [4.78, 5) is 28.5. The lowest BCUT2D eigenvalue weighted by Gasteiger charge is -2.31. The molecule has 1 N–H and O–H groups in total. The summed E-state index contributed by atoms with van der Waals surface area (Å²) in [7, 11) is 0. The van der Waals surface area contributed by atoms with Gasteiger partial charge in [-0.3, -0.25) is 9.59 Å². The topological polar surface area (TPSA) is 49.4 Å². The molecule has 0 aliphatic carbocycles. The summed E-state index contributed by atoms with van der Waals surface area (Å²) in [5.41, 5.74) is 5.41. The number of nitrogens with one attached hydrogen (secondary N) is 1. The van der Waals surface area contributed by atoms with Gasteiger partial charge in [0.05, 0.1) is 15.8 Å². The normalized spacial score (nSPS) is 11.7. The average Bonchev–Trinajstić information content (AvgIpc) is 2.83. The van der Waals surface area contributed by atoms with E-state index in [1.165, 1.54) is 16.7 Å². The van der Waals surface area contributed by atoms with E-state index in [1.54, 1.807) is 28.8 Å². The van der Waals surface area contributed by atoms with Crippen molar-refractivity contribution in [3.63, 3.8) is 0 Å². The van der Waals surface area contributed by atoms with Crippen molar-refractivity contribution >= 4 is 46.8 Å². The first-order valence-electron chi connectivity index (χ1n) is 12.0. The van der Waals surface area contributed by atoms with Crippen LogP contribution in [0.5, 0.6) is 0 Å². The predicted octanol–water partition coefficient (Wildman–Crippen LogP) is 6.62. The fraction of sp³-hybridized carbons (Fsp3) is 0.310. The molecule has 36 heavy (non-hydrogen) atoms. The molecule has 0 aliphatic heterocycles. The van der Waals surface area contributed by atoms with Gasteiger partial charge in [0.1, 0.15) is 6.04 Å². The Morgan fingerprint density at radius 1 is 0.889 bits per heavy atom. The quantitative estimate of drug-likeness (QED) is 0.296. The van der Waals surface area contributed by atoms with Crippen molar-refractivity contribution in [2.75, 3.05) is 12.3 Å². The Morgan fingerprint density at radius 2 is 1.58 bits per heavy atom. The number of hydrogen-bond donors (Lipinski definition) is 1. The van der Waals surface area contributed by atoms with Crippen LogP contribution >= 0.6 is 35.0 Å². The van der Waals surface area contributed by atoms with Crippen LogP contribution in [0, 0.1) is 13.8 Å². The number of thioether (sulfide) groups is 1. The fourth-order valence-corrected chi connectivity index (χ4v) is 5.34. The van der Waals surface area contributed by atoms with Gasteiger partial charge in [-0.1, -0.05) is 88.9 Å². The van der Waals surface area contributed by atoms with Crippen LogP contribution in [0.15, 0.2) is 66.7 Å². The molecule has 0 fully saturated rings. The van der Waals surface area contributed by atoms with Gasteiger partial charge < -0.3 is 10.2 Å². The highest BCUT2D eigenvalue weighted by atomic mass is 35.5. The number of benzene rings is 3. The van der Waals surface area contributed by atoms with Gasteiger partial charge in [0.2, 0.25) is 11.8 Å². The first-order chi connectivity index (χ1) is 17.3. The molecular formula is C29H32Cl2N2O2S. The number of likely N-dealkylation sites (N-methyl/N-ethyl adjacent to an activating group) is 1. The monoisotopic (exact) mass is 542 g/mol. The number of halogens is 2. The number of hydrogen-bond acceptors (Lipinski definition) is 3. The van der Waals surface area contributed by atoms with E-state index >= 15 is 0 Å². The second kappa shape index (κ2) is 13.7. The van der Waals surface area contributed by atoms with E-state index in [0.717, 1.165) is 16.9 Å². The summed E-state index contributed by atoms with van der Waals surface area (Å²) in [5.74, 6) is 0.718. The molecule has 0 saturated carbocycles. The van der Waals surface area contributed by atoms with E-state index in [4.69, 9.17) is 23.2 Å². The number of amides is 2. The maximum absolute atomic E-state index is 13.6. The summed E-state index contributed by atoms with van der Waals surface area (Å²) < 4.78 is 0. The van der Waals surface area contributed by atoms with Gasteiger partial charge in [0, 0.05) is 25.3 Å². The van der Waals surface area contributed by atoms with Gasteiger partial charge in [-0.2, -0.15) is 0 Å². The van der Waals surface area contributed by atoms with Crippen molar-refractivity contribution in [1.82, 2.24) is 10.2 Å². The molecule has 0 spiro atoms. The smallest absolute Gasteiger partial charge is 0.243 e. The van der Waals surface area contributed by atoms with E-state index in [0.29, 0.717) is 23.0 Å². The SMILES string of the molecule is CCNC(=O)C(Cc1ccccc1)N(Cc1ccc(Cl)c(Cl)c1)C(=O)CSCc1cc(C)cc(C)c1. The summed E-state index contributed by atoms with van der Waals surface area (Å²) in [6.07, 6.45) is 0.418. The zero-order valence-corrected chi connectivity index (χ0v) is 23.2. The van der Waals surface area contributed by atoms with Crippen molar-refractivity contribution in [1.29, 1.82) is 0 Å². The molecule has 0 aromatic heterocycles. The van der Waals surface area contributed by atoms with E-state index in [2.05, 4.69) is 37.4 Å². The van der Waals surface area contributed by atoms with Gasteiger partial charge in [0.25, 0.3) is 0 Å². The molecule has 7 heteroatoms. The molecule has 3 rings (SSSR count). The summed E-state index contributed by atoms with van der Waals surface area (Å²) in [5, 5.41) is 3.79. The first-order valence-corrected chi connectivity index (χ1v) is 13.9. The first kappa shape index (κ1) is 28.1. The van der Waals surface area contributed by atoms with Crippen molar-refractivity contribution < 1.29 is 9.59 Å². The molecule has 3 aromatic rings.